The molecule has 2 heterocycles. The number of hydrogen-bond donors (Lipinski definition) is 0. The molecule has 0 N–H and O–H groups in total. The molecule has 3 rings (SSSR count). The van der Waals surface area contributed by atoms with Crippen LogP contribution in [0.3, 0.4) is 0 Å². The van der Waals surface area contributed by atoms with Crippen molar-refractivity contribution in [3.8, 4) is 5.75 Å². The van der Waals surface area contributed by atoms with Crippen LogP contribution < -0.4 is 9.64 Å². The maximum absolute atomic E-state index is 12.8. The van der Waals surface area contributed by atoms with E-state index in [0.29, 0.717) is 12.3 Å². The predicted molar refractivity (Wildman–Crippen MR) is 93.5 cm³/mol. The third-order valence-corrected chi connectivity index (χ3v) is 4.25. The minimum Gasteiger partial charge on any atom is -0.487 e. The zero-order chi connectivity index (χ0) is 18.0. The van der Waals surface area contributed by atoms with E-state index < -0.39 is 6.04 Å². The molecule has 0 radical (unpaired) electrons. The van der Waals surface area contributed by atoms with Crippen LogP contribution in [0, 0.1) is 0 Å². The highest BCUT2D eigenvalue weighted by atomic mass is 16.5. The molecule has 132 valence electrons. The molecular weight excluding hydrogens is 320 g/mol. The molecule has 2 atom stereocenters. The van der Waals surface area contributed by atoms with Gasteiger partial charge in [-0.2, -0.15) is 5.10 Å². The predicted octanol–water partition coefficient (Wildman–Crippen LogP) is 1.72. The molecule has 0 bridgehead atoms. The average Bonchev–Trinajstić information content (AvgIpc) is 3.14. The van der Waals surface area contributed by atoms with E-state index in [-0.39, 0.29) is 24.5 Å². The first-order valence-corrected chi connectivity index (χ1v) is 8.27. The third-order valence-electron chi connectivity index (χ3n) is 4.25. The quantitative estimate of drug-likeness (QED) is 0.848. The second-order valence-electron chi connectivity index (χ2n) is 6.26. The number of likely N-dealkylation sites (N-methyl/N-ethyl adjacent to an activating group) is 1. The molecule has 25 heavy (non-hydrogen) atoms. The van der Waals surface area contributed by atoms with E-state index in [4.69, 9.17) is 4.74 Å². The van der Waals surface area contributed by atoms with E-state index in [9.17, 15) is 9.59 Å². The third kappa shape index (κ3) is 3.50. The van der Waals surface area contributed by atoms with Gasteiger partial charge in [0.05, 0.1) is 18.8 Å². The molecule has 1 aromatic heterocycles. The van der Waals surface area contributed by atoms with E-state index in [1.807, 2.05) is 31.2 Å². The lowest BCUT2D eigenvalue weighted by Gasteiger charge is -2.34. The number of amides is 2. The zero-order valence-corrected chi connectivity index (χ0v) is 14.6. The molecule has 0 fully saturated rings. The Balaban J connectivity index is 1.71. The fourth-order valence-corrected chi connectivity index (χ4v) is 2.93. The number of para-hydroxylation sites is 2. The first-order valence-electron chi connectivity index (χ1n) is 8.27. The highest BCUT2D eigenvalue weighted by Crippen LogP contribution is 2.33. The molecule has 0 saturated carbocycles. The number of carbonyl (C=O) groups is 2. The maximum Gasteiger partial charge on any atom is 0.247 e. The highest BCUT2D eigenvalue weighted by molar-refractivity contribution is 5.98. The Morgan fingerprint density at radius 1 is 1.36 bits per heavy atom. The normalized spacial score (nSPS) is 17.4. The number of carbonyl (C=O) groups excluding carboxylic acids is 2. The van der Waals surface area contributed by atoms with Crippen LogP contribution in [-0.2, 0) is 9.59 Å². The topological polar surface area (TPSA) is 67.7 Å². The van der Waals surface area contributed by atoms with Gasteiger partial charge in [0.1, 0.15) is 17.9 Å². The van der Waals surface area contributed by atoms with Gasteiger partial charge in [-0.1, -0.05) is 12.1 Å². The summed E-state index contributed by atoms with van der Waals surface area (Å²) in [6.07, 6.45) is 3.27. The van der Waals surface area contributed by atoms with Crippen LogP contribution in [0.5, 0.6) is 5.75 Å². The van der Waals surface area contributed by atoms with Crippen LogP contribution >= 0.6 is 0 Å². The molecule has 2 aromatic rings. The standard InChI is InChI=1S/C18H22N4O3/c1-13-11-21(15-7-4-5-8-16(15)25-13)17(23)12-20(3)18(24)14(2)22-10-6-9-19-22/h4-10,13-14H,11-12H2,1-3H3. The molecule has 2 unspecified atom stereocenters. The highest BCUT2D eigenvalue weighted by Gasteiger charge is 2.29. The summed E-state index contributed by atoms with van der Waals surface area (Å²) in [5.41, 5.74) is 0.742. The Morgan fingerprint density at radius 3 is 2.84 bits per heavy atom. The Labute approximate surface area is 146 Å². The SMILES string of the molecule is CC1CN(C(=O)CN(C)C(=O)C(C)n2cccn2)c2ccccc2O1. The molecule has 0 saturated heterocycles. The molecule has 0 aliphatic carbocycles. The second-order valence-corrected chi connectivity index (χ2v) is 6.26. The minimum atomic E-state index is -0.455. The van der Waals surface area contributed by atoms with E-state index in [0.717, 1.165) is 5.69 Å². The van der Waals surface area contributed by atoms with Crippen LogP contribution in [0.15, 0.2) is 42.7 Å². The molecule has 1 aliphatic rings. The lowest BCUT2D eigenvalue weighted by atomic mass is 10.2. The van der Waals surface area contributed by atoms with Gasteiger partial charge in [-0.3, -0.25) is 14.3 Å². The van der Waals surface area contributed by atoms with Gasteiger partial charge in [-0.15, -0.1) is 0 Å². The summed E-state index contributed by atoms with van der Waals surface area (Å²) in [4.78, 5) is 28.5. The molecule has 7 nitrogen and oxygen atoms in total. The van der Waals surface area contributed by atoms with Crippen molar-refractivity contribution < 1.29 is 14.3 Å². The summed E-state index contributed by atoms with van der Waals surface area (Å²) in [7, 11) is 1.63. The molecule has 1 aliphatic heterocycles. The van der Waals surface area contributed by atoms with Crippen molar-refractivity contribution in [3.05, 3.63) is 42.7 Å². The van der Waals surface area contributed by atoms with Crippen molar-refractivity contribution in [3.63, 3.8) is 0 Å². The largest absolute Gasteiger partial charge is 0.487 e. The van der Waals surface area contributed by atoms with Gasteiger partial charge in [0.25, 0.3) is 0 Å². The van der Waals surface area contributed by atoms with Gasteiger partial charge in [-0.05, 0) is 32.0 Å². The molecule has 7 heteroatoms. The van der Waals surface area contributed by atoms with Crippen molar-refractivity contribution >= 4 is 17.5 Å². The molecule has 0 spiro atoms. The fourth-order valence-electron chi connectivity index (χ4n) is 2.93. The number of rotatable bonds is 4. The number of nitrogens with zero attached hydrogens (tertiary/aromatic N) is 4. The fraction of sp³-hybridized carbons (Fsp3) is 0.389. The van der Waals surface area contributed by atoms with Crippen molar-refractivity contribution in [2.24, 2.45) is 0 Å². The van der Waals surface area contributed by atoms with Crippen LogP contribution in [-0.4, -0.2) is 52.7 Å². The Hall–Kier alpha value is -2.83. The monoisotopic (exact) mass is 342 g/mol. The van der Waals surface area contributed by atoms with E-state index in [2.05, 4.69) is 5.10 Å². The minimum absolute atomic E-state index is 0.00545. The molecule has 2 amide bonds. The van der Waals surface area contributed by atoms with Gasteiger partial charge >= 0.3 is 0 Å². The number of benzene rings is 1. The van der Waals surface area contributed by atoms with Gasteiger partial charge < -0.3 is 14.5 Å². The van der Waals surface area contributed by atoms with Crippen LogP contribution in [0.25, 0.3) is 0 Å². The number of fused-ring (bicyclic) bond motifs is 1. The van der Waals surface area contributed by atoms with Crippen molar-refractivity contribution in [2.45, 2.75) is 26.0 Å². The number of hydrogen-bond acceptors (Lipinski definition) is 4. The van der Waals surface area contributed by atoms with Gasteiger partial charge in [0.2, 0.25) is 11.8 Å². The van der Waals surface area contributed by atoms with Crippen molar-refractivity contribution in [2.75, 3.05) is 25.0 Å². The Morgan fingerprint density at radius 2 is 2.12 bits per heavy atom. The van der Waals surface area contributed by atoms with Crippen LogP contribution in [0.4, 0.5) is 5.69 Å². The second kappa shape index (κ2) is 6.96. The van der Waals surface area contributed by atoms with E-state index in [1.54, 1.807) is 42.0 Å². The average molecular weight is 342 g/mol. The summed E-state index contributed by atoms with van der Waals surface area (Å²) in [6, 6.07) is 8.76. The van der Waals surface area contributed by atoms with E-state index in [1.165, 1.54) is 4.90 Å². The summed E-state index contributed by atoms with van der Waals surface area (Å²) in [5.74, 6) is 0.395. The zero-order valence-electron chi connectivity index (χ0n) is 14.6. The van der Waals surface area contributed by atoms with Crippen molar-refractivity contribution in [1.29, 1.82) is 0 Å². The van der Waals surface area contributed by atoms with Crippen LogP contribution in [0.1, 0.15) is 19.9 Å². The first-order chi connectivity index (χ1) is 12.0. The molecular formula is C18H22N4O3. The van der Waals surface area contributed by atoms with E-state index >= 15 is 0 Å². The van der Waals surface area contributed by atoms with Crippen molar-refractivity contribution in [1.82, 2.24) is 14.7 Å². The lowest BCUT2D eigenvalue weighted by molar-refractivity contribution is -0.136. The van der Waals surface area contributed by atoms with Crippen LogP contribution in [0.2, 0.25) is 0 Å². The first kappa shape index (κ1) is 17.0. The van der Waals surface area contributed by atoms with Gasteiger partial charge in [0, 0.05) is 19.4 Å². The number of anilines is 1. The Bertz CT molecular complexity index is 759. The summed E-state index contributed by atoms with van der Waals surface area (Å²) in [6.45, 7) is 4.16. The van der Waals surface area contributed by atoms with Gasteiger partial charge in [0.15, 0.2) is 0 Å². The Kier molecular flexibility index (Phi) is 4.74. The van der Waals surface area contributed by atoms with Gasteiger partial charge in [-0.25, -0.2) is 0 Å². The number of aromatic nitrogens is 2. The number of ether oxygens (including phenoxy) is 1. The maximum atomic E-state index is 12.8. The molecule has 1 aromatic carbocycles. The lowest BCUT2D eigenvalue weighted by Crippen LogP contribution is -2.47. The summed E-state index contributed by atoms with van der Waals surface area (Å²) in [5, 5.41) is 4.09. The smallest absolute Gasteiger partial charge is 0.247 e. The summed E-state index contributed by atoms with van der Waals surface area (Å²) < 4.78 is 7.34. The summed E-state index contributed by atoms with van der Waals surface area (Å²) >= 11 is 0.